The van der Waals surface area contributed by atoms with Crippen molar-refractivity contribution in [3.8, 4) is 5.69 Å². The second-order valence-electron chi connectivity index (χ2n) is 5.33. The van der Waals surface area contributed by atoms with Crippen molar-refractivity contribution >= 4 is 17.6 Å². The highest BCUT2D eigenvalue weighted by molar-refractivity contribution is 5.94. The van der Waals surface area contributed by atoms with Gasteiger partial charge in [0.05, 0.1) is 18.0 Å². The van der Waals surface area contributed by atoms with Crippen molar-refractivity contribution in [2.24, 2.45) is 5.92 Å². The van der Waals surface area contributed by atoms with Crippen molar-refractivity contribution in [1.29, 1.82) is 0 Å². The summed E-state index contributed by atoms with van der Waals surface area (Å²) in [5, 5.41) is 10.1. The number of rotatable bonds is 7. The van der Waals surface area contributed by atoms with Crippen LogP contribution in [-0.4, -0.2) is 41.9 Å². The van der Waals surface area contributed by atoms with E-state index in [4.69, 9.17) is 4.74 Å². The van der Waals surface area contributed by atoms with Crippen molar-refractivity contribution in [3.05, 3.63) is 42.2 Å². The first-order chi connectivity index (χ1) is 11.6. The van der Waals surface area contributed by atoms with Gasteiger partial charge in [-0.05, 0) is 32.2 Å². The molecular formula is C17H22N4O3. The van der Waals surface area contributed by atoms with Gasteiger partial charge >= 0.3 is 5.97 Å². The molecule has 0 saturated carbocycles. The number of carbonyl (C=O) groups excluding carboxylic acids is 2. The molecule has 0 radical (unpaired) electrons. The van der Waals surface area contributed by atoms with E-state index in [0.29, 0.717) is 24.5 Å². The largest absolute Gasteiger partial charge is 0.461 e. The Morgan fingerprint density at radius 1 is 1.29 bits per heavy atom. The molecule has 0 aliphatic heterocycles. The normalized spacial score (nSPS) is 11.8. The van der Waals surface area contributed by atoms with E-state index < -0.39 is 5.97 Å². The second-order valence-corrected chi connectivity index (χ2v) is 5.33. The molecule has 0 bridgehead atoms. The van der Waals surface area contributed by atoms with E-state index in [1.807, 2.05) is 25.1 Å². The Morgan fingerprint density at radius 2 is 2.04 bits per heavy atom. The molecule has 0 aliphatic rings. The molecule has 1 unspecified atom stereocenters. The number of amides is 1. The number of hydrogen-bond donors (Lipinski definition) is 2. The lowest BCUT2D eigenvalue weighted by Gasteiger charge is -2.14. The maximum Gasteiger partial charge on any atom is 0.358 e. The summed E-state index contributed by atoms with van der Waals surface area (Å²) in [6, 6.07) is 8.87. The molecule has 2 rings (SSSR count). The fourth-order valence-electron chi connectivity index (χ4n) is 2.21. The van der Waals surface area contributed by atoms with Gasteiger partial charge in [-0.25, -0.2) is 9.48 Å². The summed E-state index contributed by atoms with van der Waals surface area (Å²) in [6.45, 7) is 4.47. The van der Waals surface area contributed by atoms with Crippen LogP contribution in [0.1, 0.15) is 24.3 Å². The van der Waals surface area contributed by atoms with Crippen LogP contribution in [-0.2, 0) is 9.53 Å². The van der Waals surface area contributed by atoms with Gasteiger partial charge < -0.3 is 15.4 Å². The summed E-state index contributed by atoms with van der Waals surface area (Å²) in [7, 11) is 1.80. The molecule has 1 aromatic carbocycles. The molecule has 24 heavy (non-hydrogen) atoms. The molecule has 0 spiro atoms. The lowest BCUT2D eigenvalue weighted by atomic mass is 10.1. The van der Waals surface area contributed by atoms with Crippen LogP contribution in [0.15, 0.2) is 36.5 Å². The summed E-state index contributed by atoms with van der Waals surface area (Å²) in [5.74, 6) is -0.731. The molecule has 1 amide bonds. The highest BCUT2D eigenvalue weighted by Crippen LogP contribution is 2.20. The third-order valence-electron chi connectivity index (χ3n) is 3.44. The number of hydrogen-bond acceptors (Lipinski definition) is 5. The average molecular weight is 330 g/mol. The van der Waals surface area contributed by atoms with Crippen LogP contribution in [0.3, 0.4) is 0 Å². The van der Waals surface area contributed by atoms with Crippen molar-refractivity contribution in [2.45, 2.75) is 13.8 Å². The van der Waals surface area contributed by atoms with Gasteiger partial charge in [0.15, 0.2) is 5.69 Å². The third kappa shape index (κ3) is 4.20. The number of carbonyl (C=O) groups is 2. The van der Waals surface area contributed by atoms with Crippen molar-refractivity contribution in [3.63, 3.8) is 0 Å². The summed E-state index contributed by atoms with van der Waals surface area (Å²) >= 11 is 0. The smallest absolute Gasteiger partial charge is 0.358 e. The van der Waals surface area contributed by atoms with Crippen LogP contribution in [0.4, 0.5) is 5.69 Å². The Bertz CT molecular complexity index is 711. The Kier molecular flexibility index (Phi) is 6.08. The maximum atomic E-state index is 12.2. The number of nitrogens with one attached hydrogen (secondary N) is 2. The standard InChI is InChI=1S/C17H22N4O3/c1-4-24-17(23)14-9-10-21(20-14)15-8-6-5-7-13(15)19-16(22)12(2)11-18-3/h5-10,12,18H,4,11H2,1-3H3,(H,19,22). The summed E-state index contributed by atoms with van der Waals surface area (Å²) in [4.78, 5) is 24.0. The predicted octanol–water partition coefficient (Wildman–Crippen LogP) is 1.84. The minimum atomic E-state index is -0.472. The van der Waals surface area contributed by atoms with Gasteiger partial charge in [-0.1, -0.05) is 19.1 Å². The van der Waals surface area contributed by atoms with Gasteiger partial charge in [0.2, 0.25) is 5.91 Å². The lowest BCUT2D eigenvalue weighted by Crippen LogP contribution is -2.29. The van der Waals surface area contributed by atoms with E-state index >= 15 is 0 Å². The first kappa shape index (κ1) is 17.7. The van der Waals surface area contributed by atoms with Crippen molar-refractivity contribution in [1.82, 2.24) is 15.1 Å². The van der Waals surface area contributed by atoms with E-state index in [9.17, 15) is 9.59 Å². The molecule has 1 heterocycles. The van der Waals surface area contributed by atoms with Crippen LogP contribution in [0.25, 0.3) is 5.69 Å². The number of anilines is 1. The Labute approximate surface area is 141 Å². The molecule has 0 fully saturated rings. The quantitative estimate of drug-likeness (QED) is 0.757. The molecule has 2 aromatic rings. The van der Waals surface area contributed by atoms with E-state index in [-0.39, 0.29) is 17.5 Å². The average Bonchev–Trinajstić information content (AvgIpc) is 3.05. The van der Waals surface area contributed by atoms with Gasteiger partial charge in [0.25, 0.3) is 0 Å². The number of benzene rings is 1. The highest BCUT2D eigenvalue weighted by atomic mass is 16.5. The van der Waals surface area contributed by atoms with Crippen LogP contribution in [0.5, 0.6) is 0 Å². The number of ether oxygens (including phenoxy) is 1. The van der Waals surface area contributed by atoms with E-state index in [1.165, 1.54) is 0 Å². The minimum Gasteiger partial charge on any atom is -0.461 e. The van der Waals surface area contributed by atoms with Crippen LogP contribution in [0, 0.1) is 5.92 Å². The number of para-hydroxylation sites is 2. The van der Waals surface area contributed by atoms with Gasteiger partial charge in [-0.15, -0.1) is 0 Å². The van der Waals surface area contributed by atoms with Gasteiger partial charge in [0, 0.05) is 18.7 Å². The predicted molar refractivity (Wildman–Crippen MR) is 91.2 cm³/mol. The third-order valence-corrected chi connectivity index (χ3v) is 3.44. The molecule has 7 heteroatoms. The first-order valence-corrected chi connectivity index (χ1v) is 7.84. The summed E-state index contributed by atoms with van der Waals surface area (Å²) < 4.78 is 6.49. The molecule has 0 aliphatic carbocycles. The van der Waals surface area contributed by atoms with Crippen molar-refractivity contribution < 1.29 is 14.3 Å². The number of nitrogens with zero attached hydrogens (tertiary/aromatic N) is 2. The topological polar surface area (TPSA) is 85.2 Å². The fourth-order valence-corrected chi connectivity index (χ4v) is 2.21. The van der Waals surface area contributed by atoms with Crippen LogP contribution < -0.4 is 10.6 Å². The molecule has 128 valence electrons. The van der Waals surface area contributed by atoms with E-state index in [2.05, 4.69) is 15.7 Å². The molecule has 1 aromatic heterocycles. The maximum absolute atomic E-state index is 12.2. The first-order valence-electron chi connectivity index (χ1n) is 7.84. The zero-order valence-electron chi connectivity index (χ0n) is 14.1. The Hall–Kier alpha value is -2.67. The van der Waals surface area contributed by atoms with Crippen LogP contribution in [0.2, 0.25) is 0 Å². The summed E-state index contributed by atoms with van der Waals surface area (Å²) in [6.07, 6.45) is 1.66. The monoisotopic (exact) mass is 330 g/mol. The highest BCUT2D eigenvalue weighted by Gasteiger charge is 2.16. The van der Waals surface area contributed by atoms with Gasteiger partial charge in [0.1, 0.15) is 0 Å². The number of esters is 1. The fraction of sp³-hybridized carbons (Fsp3) is 0.353. The van der Waals surface area contributed by atoms with Crippen molar-refractivity contribution in [2.75, 3.05) is 25.5 Å². The zero-order valence-corrected chi connectivity index (χ0v) is 14.1. The van der Waals surface area contributed by atoms with E-state index in [1.54, 1.807) is 37.0 Å². The van der Waals surface area contributed by atoms with Gasteiger partial charge in [-0.3, -0.25) is 4.79 Å². The zero-order chi connectivity index (χ0) is 17.5. The van der Waals surface area contributed by atoms with Gasteiger partial charge in [-0.2, -0.15) is 5.10 Å². The Morgan fingerprint density at radius 3 is 2.75 bits per heavy atom. The van der Waals surface area contributed by atoms with Crippen LogP contribution >= 0.6 is 0 Å². The molecule has 2 N–H and O–H groups in total. The number of aromatic nitrogens is 2. The minimum absolute atomic E-state index is 0.0884. The molecule has 0 saturated heterocycles. The molecular weight excluding hydrogens is 308 g/mol. The second kappa shape index (κ2) is 8.26. The SMILES string of the molecule is CCOC(=O)c1ccn(-c2ccccc2NC(=O)C(C)CNC)n1. The van der Waals surface area contributed by atoms with E-state index in [0.717, 1.165) is 0 Å². The lowest BCUT2D eigenvalue weighted by molar-refractivity contribution is -0.119. The molecule has 7 nitrogen and oxygen atoms in total. The summed E-state index contributed by atoms with van der Waals surface area (Å²) in [5.41, 5.74) is 1.53. The molecule has 1 atom stereocenters. The Balaban J connectivity index is 2.23.